The van der Waals surface area contributed by atoms with Crippen molar-refractivity contribution in [1.29, 1.82) is 0 Å². The molecule has 0 radical (unpaired) electrons. The zero-order chi connectivity index (χ0) is 15.6. The maximum Gasteiger partial charge on any atom is 0.240 e. The number of carbonyl (C=O) groups is 1. The van der Waals surface area contributed by atoms with Crippen LogP contribution in [0.2, 0.25) is 0 Å². The number of hydrogen-bond acceptors (Lipinski definition) is 3. The molecule has 0 bridgehead atoms. The van der Waals surface area contributed by atoms with Gasteiger partial charge in [-0.1, -0.05) is 15.9 Å². The summed E-state index contributed by atoms with van der Waals surface area (Å²) in [7, 11) is -2.10. The van der Waals surface area contributed by atoms with Crippen molar-refractivity contribution in [3.63, 3.8) is 0 Å². The Bertz CT molecular complexity index is 612. The molecule has 0 spiro atoms. The number of hydrogen-bond donors (Lipinski definition) is 2. The van der Waals surface area contributed by atoms with Crippen molar-refractivity contribution >= 4 is 31.9 Å². The fourth-order valence-corrected chi connectivity index (χ4v) is 3.11. The third kappa shape index (κ3) is 4.04. The van der Waals surface area contributed by atoms with Gasteiger partial charge in [-0.15, -0.1) is 0 Å². The lowest BCUT2D eigenvalue weighted by atomic mass is 9.93. The van der Waals surface area contributed by atoms with E-state index in [1.165, 1.54) is 13.1 Å². The Hall–Kier alpha value is -0.920. The first-order chi connectivity index (χ1) is 9.10. The van der Waals surface area contributed by atoms with Gasteiger partial charge in [-0.2, -0.15) is 0 Å². The van der Waals surface area contributed by atoms with Crippen molar-refractivity contribution in [2.24, 2.45) is 5.41 Å². The highest BCUT2D eigenvalue weighted by molar-refractivity contribution is 9.10. The van der Waals surface area contributed by atoms with E-state index in [0.717, 1.165) is 10.0 Å². The maximum absolute atomic E-state index is 12.2. The quantitative estimate of drug-likeness (QED) is 0.838. The maximum atomic E-state index is 12.2. The largest absolute Gasteiger partial charge is 0.359 e. The summed E-state index contributed by atoms with van der Waals surface area (Å²) in [6, 6.07) is 4.79. The van der Waals surface area contributed by atoms with E-state index in [0.29, 0.717) is 0 Å². The zero-order valence-corrected chi connectivity index (χ0v) is 14.4. The molecule has 0 atom stereocenters. The highest BCUT2D eigenvalue weighted by atomic mass is 79.9. The second-order valence-electron chi connectivity index (χ2n) is 5.20. The molecule has 0 saturated heterocycles. The predicted octanol–water partition coefficient (Wildman–Crippen LogP) is 1.81. The van der Waals surface area contributed by atoms with E-state index in [4.69, 9.17) is 0 Å². The summed E-state index contributed by atoms with van der Waals surface area (Å²) >= 11 is 3.33. The molecule has 0 aliphatic heterocycles. The van der Waals surface area contributed by atoms with Crippen LogP contribution in [0.4, 0.5) is 0 Å². The van der Waals surface area contributed by atoms with Gasteiger partial charge in [0.1, 0.15) is 0 Å². The lowest BCUT2D eigenvalue weighted by molar-refractivity contribution is -0.128. The molecule has 1 aromatic rings. The number of nitrogens with one attached hydrogen (secondary N) is 2. The third-order valence-corrected chi connectivity index (χ3v) is 5.27. The smallest absolute Gasteiger partial charge is 0.240 e. The number of halogens is 1. The minimum Gasteiger partial charge on any atom is -0.359 e. The second-order valence-corrected chi connectivity index (χ2v) is 7.82. The van der Waals surface area contributed by atoms with Crippen LogP contribution in [0, 0.1) is 12.3 Å². The molecule has 1 amide bonds. The van der Waals surface area contributed by atoms with Gasteiger partial charge in [0, 0.05) is 18.1 Å². The highest BCUT2D eigenvalue weighted by Gasteiger charge is 2.28. The molecule has 112 valence electrons. The molecule has 0 fully saturated rings. The fraction of sp³-hybridized carbons (Fsp3) is 0.462. The first kappa shape index (κ1) is 17.1. The third-order valence-electron chi connectivity index (χ3n) is 2.99. The molecule has 2 N–H and O–H groups in total. The molecule has 0 aliphatic carbocycles. The van der Waals surface area contributed by atoms with Crippen molar-refractivity contribution in [2.75, 3.05) is 13.6 Å². The molecule has 1 aromatic carbocycles. The van der Waals surface area contributed by atoms with Crippen molar-refractivity contribution in [1.82, 2.24) is 10.0 Å². The zero-order valence-electron chi connectivity index (χ0n) is 12.0. The molecule has 0 aliphatic rings. The van der Waals surface area contributed by atoms with Gasteiger partial charge in [-0.3, -0.25) is 4.79 Å². The number of carbonyl (C=O) groups excluding carboxylic acids is 1. The molecular weight excluding hydrogens is 344 g/mol. The van der Waals surface area contributed by atoms with E-state index < -0.39 is 15.4 Å². The standard InChI is InChI=1S/C13H19BrN2O3S/c1-9-7-10(5-6-11(9)14)20(18,19)16-8-13(2,3)12(17)15-4/h5-7,16H,8H2,1-4H3,(H,15,17). The van der Waals surface area contributed by atoms with E-state index in [2.05, 4.69) is 26.0 Å². The summed E-state index contributed by atoms with van der Waals surface area (Å²) in [6.07, 6.45) is 0. The summed E-state index contributed by atoms with van der Waals surface area (Å²) in [6.45, 7) is 5.21. The Morgan fingerprint density at radius 1 is 1.35 bits per heavy atom. The minimum absolute atomic E-state index is 0.0319. The van der Waals surface area contributed by atoms with Crippen LogP contribution in [0.5, 0.6) is 0 Å². The molecule has 0 aromatic heterocycles. The molecule has 0 unspecified atom stereocenters. The first-order valence-electron chi connectivity index (χ1n) is 6.08. The van der Waals surface area contributed by atoms with Crippen LogP contribution in [-0.4, -0.2) is 27.9 Å². The van der Waals surface area contributed by atoms with Gasteiger partial charge in [0.05, 0.1) is 10.3 Å². The number of benzene rings is 1. The SMILES string of the molecule is CNC(=O)C(C)(C)CNS(=O)(=O)c1ccc(Br)c(C)c1. The average molecular weight is 363 g/mol. The van der Waals surface area contributed by atoms with Gasteiger partial charge < -0.3 is 5.32 Å². The molecular formula is C13H19BrN2O3S. The molecule has 1 rings (SSSR count). The van der Waals surface area contributed by atoms with E-state index in [9.17, 15) is 13.2 Å². The highest BCUT2D eigenvalue weighted by Crippen LogP contribution is 2.21. The number of amides is 1. The van der Waals surface area contributed by atoms with Gasteiger partial charge in [0.15, 0.2) is 0 Å². The van der Waals surface area contributed by atoms with Crippen LogP contribution in [0.25, 0.3) is 0 Å². The summed E-state index contributed by atoms with van der Waals surface area (Å²) in [5, 5.41) is 2.52. The van der Waals surface area contributed by atoms with Gasteiger partial charge in [-0.05, 0) is 44.5 Å². The summed E-state index contributed by atoms with van der Waals surface area (Å²) in [5.74, 6) is -0.216. The average Bonchev–Trinajstić information content (AvgIpc) is 2.38. The van der Waals surface area contributed by atoms with Gasteiger partial charge in [-0.25, -0.2) is 13.1 Å². The van der Waals surface area contributed by atoms with E-state index >= 15 is 0 Å². The van der Waals surface area contributed by atoms with Crippen LogP contribution in [-0.2, 0) is 14.8 Å². The monoisotopic (exact) mass is 362 g/mol. The fourth-order valence-electron chi connectivity index (χ4n) is 1.56. The topological polar surface area (TPSA) is 75.3 Å². The first-order valence-corrected chi connectivity index (χ1v) is 8.36. The van der Waals surface area contributed by atoms with Crippen molar-refractivity contribution in [3.05, 3.63) is 28.2 Å². The van der Waals surface area contributed by atoms with Gasteiger partial charge >= 0.3 is 0 Å². The van der Waals surface area contributed by atoms with Crippen LogP contribution < -0.4 is 10.0 Å². The molecule has 5 nitrogen and oxygen atoms in total. The van der Waals surface area contributed by atoms with Gasteiger partial charge in [0.25, 0.3) is 0 Å². The van der Waals surface area contributed by atoms with E-state index in [1.807, 2.05) is 6.92 Å². The Balaban J connectivity index is 2.91. The number of sulfonamides is 1. The molecule has 20 heavy (non-hydrogen) atoms. The molecule has 0 saturated carbocycles. The summed E-state index contributed by atoms with van der Waals surface area (Å²) < 4.78 is 27.7. The van der Waals surface area contributed by atoms with E-state index in [1.54, 1.807) is 26.0 Å². The Labute approximate surface area is 128 Å². The normalized spacial score (nSPS) is 12.2. The van der Waals surface area contributed by atoms with Crippen LogP contribution >= 0.6 is 15.9 Å². The lowest BCUT2D eigenvalue weighted by Gasteiger charge is -2.22. The lowest BCUT2D eigenvalue weighted by Crippen LogP contribution is -2.43. The Kier molecular flexibility index (Phi) is 5.34. The number of rotatable bonds is 5. The predicted molar refractivity (Wildman–Crippen MR) is 81.9 cm³/mol. The number of aryl methyl sites for hydroxylation is 1. The summed E-state index contributed by atoms with van der Waals surface area (Å²) in [4.78, 5) is 11.8. The minimum atomic E-state index is -3.63. The van der Waals surface area contributed by atoms with Crippen LogP contribution in [0.15, 0.2) is 27.6 Å². The van der Waals surface area contributed by atoms with E-state index in [-0.39, 0.29) is 17.3 Å². The Morgan fingerprint density at radius 2 is 1.95 bits per heavy atom. The Morgan fingerprint density at radius 3 is 2.45 bits per heavy atom. The molecule has 7 heteroatoms. The summed E-state index contributed by atoms with van der Waals surface area (Å²) in [5.41, 5.74) is 0.0186. The van der Waals surface area contributed by atoms with Gasteiger partial charge in [0.2, 0.25) is 15.9 Å². The van der Waals surface area contributed by atoms with Crippen LogP contribution in [0.3, 0.4) is 0 Å². The van der Waals surface area contributed by atoms with Crippen molar-refractivity contribution in [2.45, 2.75) is 25.7 Å². The molecule has 0 heterocycles. The van der Waals surface area contributed by atoms with Crippen LogP contribution in [0.1, 0.15) is 19.4 Å². The van der Waals surface area contributed by atoms with Crippen molar-refractivity contribution in [3.8, 4) is 0 Å². The second kappa shape index (κ2) is 6.24. The van der Waals surface area contributed by atoms with Crippen molar-refractivity contribution < 1.29 is 13.2 Å².